The number of anilines is 1. The van der Waals surface area contributed by atoms with E-state index in [2.05, 4.69) is 15.2 Å². The van der Waals surface area contributed by atoms with E-state index in [0.29, 0.717) is 39.7 Å². The summed E-state index contributed by atoms with van der Waals surface area (Å²) < 4.78 is 26.8. The highest BCUT2D eigenvalue weighted by Gasteiger charge is 2.32. The smallest absolute Gasteiger partial charge is 0.256 e. The standard InChI is InChI=1S/C32H34Cl2N4O4S/c1-19-29(35-20(2)30(19)32(40)38-14-10-21(11-15-38)37-12-3-4-13-37)17-24-23-16-22(8-9-28(23)36-31(24)39)43(41,42)18-25-26(33)6-5-7-27(25)34/h5-9,16-17,21,35H,3-4,10-15,18H2,1-2H3,(H,36,39). The van der Waals surface area contributed by atoms with Crippen molar-refractivity contribution in [3.8, 4) is 0 Å². The zero-order chi connectivity index (χ0) is 30.5. The topological polar surface area (TPSA) is 103 Å². The van der Waals surface area contributed by atoms with Crippen LogP contribution in [0.25, 0.3) is 11.6 Å². The van der Waals surface area contributed by atoms with Crippen LogP contribution in [0.2, 0.25) is 10.0 Å². The number of nitrogens with zero attached hydrogens (tertiary/aromatic N) is 2. The van der Waals surface area contributed by atoms with Gasteiger partial charge in [-0.1, -0.05) is 29.3 Å². The molecule has 2 aromatic carbocycles. The number of carbonyl (C=O) groups is 2. The van der Waals surface area contributed by atoms with E-state index in [-0.39, 0.29) is 32.5 Å². The molecule has 3 aliphatic heterocycles. The van der Waals surface area contributed by atoms with E-state index in [4.69, 9.17) is 23.2 Å². The van der Waals surface area contributed by atoms with Gasteiger partial charge in [0.25, 0.3) is 11.8 Å². The Labute approximate surface area is 262 Å². The zero-order valence-electron chi connectivity index (χ0n) is 24.2. The number of sulfone groups is 1. The molecule has 8 nitrogen and oxygen atoms in total. The van der Waals surface area contributed by atoms with Gasteiger partial charge >= 0.3 is 0 Å². The van der Waals surface area contributed by atoms with E-state index in [1.807, 2.05) is 18.7 Å². The van der Waals surface area contributed by atoms with Crippen molar-refractivity contribution in [2.45, 2.75) is 56.2 Å². The molecule has 2 amide bonds. The molecule has 0 atom stereocenters. The van der Waals surface area contributed by atoms with Crippen molar-refractivity contribution in [3.05, 3.63) is 80.1 Å². The van der Waals surface area contributed by atoms with Crippen LogP contribution in [-0.4, -0.2) is 67.2 Å². The number of aromatic nitrogens is 1. The summed E-state index contributed by atoms with van der Waals surface area (Å²) in [5, 5.41) is 3.36. The minimum atomic E-state index is -3.83. The van der Waals surface area contributed by atoms with Crippen molar-refractivity contribution < 1.29 is 18.0 Å². The van der Waals surface area contributed by atoms with Crippen LogP contribution in [0.15, 0.2) is 41.3 Å². The number of hydrogen-bond donors (Lipinski definition) is 2. The average molecular weight is 642 g/mol. The largest absolute Gasteiger partial charge is 0.358 e. The lowest BCUT2D eigenvalue weighted by molar-refractivity contribution is -0.110. The number of amides is 2. The summed E-state index contributed by atoms with van der Waals surface area (Å²) in [6, 6.07) is 9.96. The highest BCUT2D eigenvalue weighted by atomic mass is 35.5. The Kier molecular flexibility index (Phi) is 8.19. The number of likely N-dealkylation sites (tertiary alicyclic amines) is 2. The van der Waals surface area contributed by atoms with Gasteiger partial charge in [-0.25, -0.2) is 8.42 Å². The van der Waals surface area contributed by atoms with Gasteiger partial charge < -0.3 is 20.1 Å². The molecule has 4 heterocycles. The van der Waals surface area contributed by atoms with Crippen LogP contribution >= 0.6 is 23.2 Å². The van der Waals surface area contributed by atoms with E-state index in [9.17, 15) is 18.0 Å². The van der Waals surface area contributed by atoms with Crippen LogP contribution in [0.1, 0.15) is 64.1 Å². The Morgan fingerprint density at radius 3 is 2.37 bits per heavy atom. The molecule has 0 saturated carbocycles. The van der Waals surface area contributed by atoms with Crippen molar-refractivity contribution in [1.29, 1.82) is 0 Å². The maximum Gasteiger partial charge on any atom is 0.256 e. The molecule has 226 valence electrons. The Balaban J connectivity index is 1.26. The number of nitrogens with one attached hydrogen (secondary N) is 2. The van der Waals surface area contributed by atoms with E-state index in [1.165, 1.54) is 25.0 Å². The summed E-state index contributed by atoms with van der Waals surface area (Å²) in [6.07, 6.45) is 6.18. The number of aryl methyl sites for hydroxylation is 1. The van der Waals surface area contributed by atoms with Crippen LogP contribution < -0.4 is 5.32 Å². The molecule has 2 N–H and O–H groups in total. The predicted molar refractivity (Wildman–Crippen MR) is 170 cm³/mol. The first-order valence-electron chi connectivity index (χ1n) is 14.6. The molecule has 0 bridgehead atoms. The van der Waals surface area contributed by atoms with Gasteiger partial charge in [0.1, 0.15) is 0 Å². The first-order chi connectivity index (χ1) is 20.5. The normalized spacial score (nSPS) is 18.8. The van der Waals surface area contributed by atoms with Gasteiger partial charge in [0.15, 0.2) is 9.84 Å². The van der Waals surface area contributed by atoms with E-state index in [0.717, 1.165) is 50.3 Å². The third-order valence-electron chi connectivity index (χ3n) is 8.92. The first kappa shape index (κ1) is 29.9. The molecule has 0 radical (unpaired) electrons. The summed E-state index contributed by atoms with van der Waals surface area (Å²) in [5.41, 5.74) is 4.39. The Morgan fingerprint density at radius 2 is 1.70 bits per heavy atom. The Morgan fingerprint density at radius 1 is 1.02 bits per heavy atom. The maximum absolute atomic E-state index is 13.6. The van der Waals surface area contributed by atoms with Crippen LogP contribution in [-0.2, 0) is 20.4 Å². The number of benzene rings is 2. The van der Waals surface area contributed by atoms with Crippen molar-refractivity contribution in [1.82, 2.24) is 14.8 Å². The molecule has 2 fully saturated rings. The third-order valence-corrected chi connectivity index (χ3v) is 11.3. The van der Waals surface area contributed by atoms with E-state index < -0.39 is 9.84 Å². The second-order valence-electron chi connectivity index (χ2n) is 11.6. The first-order valence-corrected chi connectivity index (χ1v) is 17.0. The van der Waals surface area contributed by atoms with Gasteiger partial charge in [0.2, 0.25) is 0 Å². The van der Waals surface area contributed by atoms with Gasteiger partial charge in [-0.15, -0.1) is 0 Å². The quantitative estimate of drug-likeness (QED) is 0.317. The molecule has 3 aromatic rings. The zero-order valence-corrected chi connectivity index (χ0v) is 26.5. The summed E-state index contributed by atoms with van der Waals surface area (Å²) in [6.45, 7) is 7.52. The fourth-order valence-corrected chi connectivity index (χ4v) is 8.65. The highest BCUT2D eigenvalue weighted by Crippen LogP contribution is 2.37. The Bertz CT molecular complexity index is 1730. The molecule has 2 saturated heterocycles. The van der Waals surface area contributed by atoms with Gasteiger partial charge in [-0.2, -0.15) is 0 Å². The third kappa shape index (κ3) is 5.76. The van der Waals surface area contributed by atoms with Crippen molar-refractivity contribution in [3.63, 3.8) is 0 Å². The molecule has 3 aliphatic rings. The molecule has 11 heteroatoms. The van der Waals surface area contributed by atoms with Crippen LogP contribution in [0, 0.1) is 13.8 Å². The average Bonchev–Trinajstić information content (AvgIpc) is 3.69. The lowest BCUT2D eigenvalue weighted by Gasteiger charge is -2.36. The summed E-state index contributed by atoms with van der Waals surface area (Å²) in [5.74, 6) is -0.721. The number of rotatable bonds is 6. The van der Waals surface area contributed by atoms with Gasteiger partial charge in [0.05, 0.1) is 21.8 Å². The SMILES string of the molecule is Cc1[nH]c(C=C2C(=O)Nc3ccc(S(=O)(=O)Cc4c(Cl)cccc4Cl)cc32)c(C)c1C(=O)N1CCC(N2CCCC2)CC1. The molecular formula is C32H34Cl2N4O4S. The number of piperidine rings is 1. The fraction of sp³-hybridized carbons (Fsp3) is 0.375. The van der Waals surface area contributed by atoms with Crippen LogP contribution in [0.4, 0.5) is 5.69 Å². The van der Waals surface area contributed by atoms with Crippen molar-refractivity contribution in [2.24, 2.45) is 0 Å². The molecule has 0 unspecified atom stereocenters. The second-order valence-corrected chi connectivity index (χ2v) is 14.4. The number of aromatic amines is 1. The highest BCUT2D eigenvalue weighted by molar-refractivity contribution is 7.90. The van der Waals surface area contributed by atoms with Gasteiger partial charge in [-0.05, 0) is 94.6 Å². The molecule has 1 aromatic heterocycles. The summed E-state index contributed by atoms with van der Waals surface area (Å²) >= 11 is 12.5. The monoisotopic (exact) mass is 640 g/mol. The Hall–Kier alpha value is -3.11. The molecule has 0 aliphatic carbocycles. The van der Waals surface area contributed by atoms with Crippen LogP contribution in [0.5, 0.6) is 0 Å². The minimum absolute atomic E-state index is 0.00124. The predicted octanol–water partition coefficient (Wildman–Crippen LogP) is 6.11. The molecule has 6 rings (SSSR count). The number of H-pyrrole nitrogens is 1. The molecular weight excluding hydrogens is 607 g/mol. The lowest BCUT2D eigenvalue weighted by atomic mass is 10.0. The minimum Gasteiger partial charge on any atom is -0.358 e. The number of fused-ring (bicyclic) bond motifs is 1. The van der Waals surface area contributed by atoms with E-state index >= 15 is 0 Å². The van der Waals surface area contributed by atoms with E-state index in [1.54, 1.807) is 30.3 Å². The molecule has 0 spiro atoms. The summed E-state index contributed by atoms with van der Waals surface area (Å²) in [4.78, 5) is 34.5. The summed E-state index contributed by atoms with van der Waals surface area (Å²) in [7, 11) is -3.83. The van der Waals surface area contributed by atoms with Crippen molar-refractivity contribution >= 4 is 62.2 Å². The molecule has 43 heavy (non-hydrogen) atoms. The maximum atomic E-state index is 13.6. The fourth-order valence-electron chi connectivity index (χ4n) is 6.53. The van der Waals surface area contributed by atoms with Gasteiger partial charge in [0, 0.05) is 57.4 Å². The number of halogens is 2. The van der Waals surface area contributed by atoms with Crippen LogP contribution in [0.3, 0.4) is 0 Å². The number of hydrogen-bond acceptors (Lipinski definition) is 5. The van der Waals surface area contributed by atoms with Crippen molar-refractivity contribution in [2.75, 3.05) is 31.5 Å². The second kappa shape index (κ2) is 11.8. The lowest BCUT2D eigenvalue weighted by Crippen LogP contribution is -2.46. The number of carbonyl (C=O) groups excluding carboxylic acids is 2. The van der Waals surface area contributed by atoms with Gasteiger partial charge in [-0.3, -0.25) is 9.59 Å².